The molecule has 3 aromatic rings. The highest BCUT2D eigenvalue weighted by Crippen LogP contribution is 2.39. The zero-order valence-corrected chi connectivity index (χ0v) is 19.1. The monoisotopic (exact) mass is 497 g/mol. The third-order valence-corrected chi connectivity index (χ3v) is 6.49. The van der Waals surface area contributed by atoms with Gasteiger partial charge in [0.25, 0.3) is 0 Å². The molecular formula is C21H19ClF3N5O2S. The lowest BCUT2D eigenvalue weighted by molar-refractivity contribution is -0.137. The molecule has 174 valence electrons. The van der Waals surface area contributed by atoms with Gasteiger partial charge in [-0.2, -0.15) is 13.2 Å². The van der Waals surface area contributed by atoms with Crippen molar-refractivity contribution in [1.29, 1.82) is 0 Å². The van der Waals surface area contributed by atoms with Crippen LogP contribution in [0.25, 0.3) is 0 Å². The van der Waals surface area contributed by atoms with Gasteiger partial charge in [-0.05, 0) is 49.7 Å². The van der Waals surface area contributed by atoms with Gasteiger partial charge in [-0.3, -0.25) is 4.79 Å². The maximum Gasteiger partial charge on any atom is 0.417 e. The zero-order valence-electron chi connectivity index (χ0n) is 17.5. The van der Waals surface area contributed by atoms with Crippen LogP contribution < -0.4 is 15.5 Å². The van der Waals surface area contributed by atoms with Crippen molar-refractivity contribution in [2.24, 2.45) is 0 Å². The van der Waals surface area contributed by atoms with Crippen molar-refractivity contribution in [3.63, 3.8) is 0 Å². The van der Waals surface area contributed by atoms with Gasteiger partial charge in [0.2, 0.25) is 11.1 Å². The first kappa shape index (κ1) is 23.2. The number of aromatic nitrogens is 3. The van der Waals surface area contributed by atoms with Gasteiger partial charge in [-0.1, -0.05) is 35.5 Å². The van der Waals surface area contributed by atoms with Crippen molar-refractivity contribution in [2.45, 2.75) is 36.5 Å². The van der Waals surface area contributed by atoms with Crippen LogP contribution in [0.4, 0.5) is 18.9 Å². The highest BCUT2D eigenvalue weighted by molar-refractivity contribution is 8.00. The number of aryl methyl sites for hydroxylation is 1. The van der Waals surface area contributed by atoms with E-state index in [4.69, 9.17) is 16.3 Å². The summed E-state index contributed by atoms with van der Waals surface area (Å²) >= 11 is 6.86. The number of rotatable bonds is 5. The quantitative estimate of drug-likeness (QED) is 0.513. The highest BCUT2D eigenvalue weighted by Gasteiger charge is 2.38. The molecule has 7 nitrogen and oxygen atoms in total. The van der Waals surface area contributed by atoms with Crippen molar-refractivity contribution in [1.82, 2.24) is 14.9 Å². The summed E-state index contributed by atoms with van der Waals surface area (Å²) in [5.41, 5.74) is 3.00. The van der Waals surface area contributed by atoms with E-state index >= 15 is 0 Å². The molecule has 2 N–H and O–H groups in total. The largest absolute Gasteiger partial charge is 0.494 e. The lowest BCUT2D eigenvalue weighted by Crippen LogP contribution is -2.41. The van der Waals surface area contributed by atoms with Crippen molar-refractivity contribution >= 4 is 35.0 Å². The Hall–Kier alpha value is -2.92. The number of amides is 1. The molecule has 0 saturated carbocycles. The van der Waals surface area contributed by atoms with E-state index in [9.17, 15) is 18.0 Å². The average molecular weight is 498 g/mol. The van der Waals surface area contributed by atoms with E-state index in [0.29, 0.717) is 23.3 Å². The first-order valence-electron chi connectivity index (χ1n) is 9.93. The number of hydrogen-bond donors (Lipinski definition) is 2. The minimum atomic E-state index is -4.64. The number of carbonyl (C=O) groups excluding carboxylic acids is 1. The van der Waals surface area contributed by atoms with Gasteiger partial charge in [0, 0.05) is 5.69 Å². The molecule has 4 rings (SSSR count). The highest BCUT2D eigenvalue weighted by atomic mass is 35.5. The number of benzene rings is 2. The minimum absolute atomic E-state index is 0.00834. The van der Waals surface area contributed by atoms with Crippen LogP contribution in [-0.4, -0.2) is 32.6 Å². The van der Waals surface area contributed by atoms with E-state index in [1.54, 1.807) is 23.7 Å². The summed E-state index contributed by atoms with van der Waals surface area (Å²) in [6, 6.07) is 10.00. The Labute approximate surface area is 196 Å². The van der Waals surface area contributed by atoms with Crippen molar-refractivity contribution in [3.05, 3.63) is 64.4 Å². The Morgan fingerprint density at radius 3 is 2.64 bits per heavy atom. The molecule has 0 bridgehead atoms. The number of nitrogens with one attached hydrogen (secondary N) is 2. The van der Waals surface area contributed by atoms with E-state index in [2.05, 4.69) is 20.9 Å². The Morgan fingerprint density at radius 1 is 1.24 bits per heavy atom. The van der Waals surface area contributed by atoms with Gasteiger partial charge in [0.15, 0.2) is 0 Å². The molecule has 2 heterocycles. The summed E-state index contributed by atoms with van der Waals surface area (Å²) < 4.78 is 46.8. The van der Waals surface area contributed by atoms with E-state index in [1.165, 1.54) is 17.8 Å². The second-order valence-electron chi connectivity index (χ2n) is 7.19. The maximum absolute atomic E-state index is 13.2. The Balaban J connectivity index is 1.64. The topological polar surface area (TPSA) is 81.1 Å². The smallest absolute Gasteiger partial charge is 0.417 e. The van der Waals surface area contributed by atoms with Crippen molar-refractivity contribution in [3.8, 4) is 5.75 Å². The van der Waals surface area contributed by atoms with Gasteiger partial charge in [0.05, 0.1) is 23.2 Å². The maximum atomic E-state index is 13.2. The van der Waals surface area contributed by atoms with Gasteiger partial charge < -0.3 is 15.5 Å². The van der Waals surface area contributed by atoms with Crippen LogP contribution in [0.1, 0.15) is 29.9 Å². The molecule has 2 atom stereocenters. The first-order chi connectivity index (χ1) is 15.7. The molecule has 1 amide bonds. The van der Waals surface area contributed by atoms with Crippen LogP contribution >= 0.6 is 23.4 Å². The normalized spacial score (nSPS) is 17.8. The van der Waals surface area contributed by atoms with Crippen LogP contribution in [-0.2, 0) is 11.0 Å². The van der Waals surface area contributed by atoms with E-state index in [0.717, 1.165) is 17.7 Å². The van der Waals surface area contributed by atoms with Crippen LogP contribution in [0.2, 0.25) is 5.02 Å². The van der Waals surface area contributed by atoms with Crippen molar-refractivity contribution in [2.75, 3.05) is 17.3 Å². The average Bonchev–Trinajstić information content (AvgIpc) is 3.14. The fourth-order valence-corrected chi connectivity index (χ4v) is 4.73. The molecular weight excluding hydrogens is 479 g/mol. The number of thioether (sulfide) groups is 1. The number of carbonyl (C=O) groups is 1. The summed E-state index contributed by atoms with van der Waals surface area (Å²) in [5, 5.41) is 9.96. The second kappa shape index (κ2) is 9.14. The molecule has 0 saturated heterocycles. The van der Waals surface area contributed by atoms with E-state index in [1.807, 2.05) is 19.1 Å². The van der Waals surface area contributed by atoms with Crippen LogP contribution in [0.5, 0.6) is 5.75 Å². The third kappa shape index (κ3) is 4.88. The first-order valence-corrected chi connectivity index (χ1v) is 11.2. The number of alkyl halides is 3. The van der Waals surface area contributed by atoms with E-state index in [-0.39, 0.29) is 5.69 Å². The molecule has 0 radical (unpaired) electrons. The molecule has 0 aliphatic carbocycles. The molecule has 12 heteroatoms. The predicted octanol–water partition coefficient (Wildman–Crippen LogP) is 5.06. The Bertz CT molecular complexity index is 1170. The number of fused-ring (bicyclic) bond motifs is 1. The van der Waals surface area contributed by atoms with Crippen molar-refractivity contribution < 1.29 is 22.7 Å². The lowest BCUT2D eigenvalue weighted by Gasteiger charge is -2.32. The minimum Gasteiger partial charge on any atom is -0.494 e. The molecule has 0 unspecified atom stereocenters. The van der Waals surface area contributed by atoms with Crippen LogP contribution in [0.15, 0.2) is 47.6 Å². The number of anilines is 1. The molecule has 2 aromatic carbocycles. The number of halogens is 4. The molecule has 0 spiro atoms. The zero-order chi connectivity index (χ0) is 23.8. The molecule has 33 heavy (non-hydrogen) atoms. The standard InChI is InChI=1S/C21H19ClF3N5O2S/c1-3-32-14-7-4-12(5-8-14)17-18(33-20-28-27-11(2)30(20)29-17)19(31)26-13-6-9-16(22)15(10-13)21(23,24)25/h4-10,17-18,29H,3H2,1-2H3,(H,26,31)/t17-,18-/m1/s1. The van der Waals surface area contributed by atoms with Gasteiger partial charge in [-0.15, -0.1) is 10.2 Å². The molecule has 1 aliphatic heterocycles. The Kier molecular flexibility index (Phi) is 6.44. The van der Waals surface area contributed by atoms with Gasteiger partial charge >= 0.3 is 6.18 Å². The lowest BCUT2D eigenvalue weighted by atomic mass is 10.0. The number of hydrogen-bond acceptors (Lipinski definition) is 6. The van der Waals surface area contributed by atoms with Gasteiger partial charge in [0.1, 0.15) is 16.8 Å². The number of ether oxygens (including phenoxy) is 1. The fourth-order valence-electron chi connectivity index (χ4n) is 3.38. The molecule has 0 fully saturated rings. The summed E-state index contributed by atoms with van der Waals surface area (Å²) in [6.45, 7) is 4.17. The molecule has 1 aliphatic rings. The number of nitrogens with zero attached hydrogens (tertiary/aromatic N) is 3. The summed E-state index contributed by atoms with van der Waals surface area (Å²) in [7, 11) is 0. The SMILES string of the molecule is CCOc1ccc([C@H]2Nn3c(C)nnc3S[C@H]2C(=O)Nc2ccc(Cl)c(C(F)(F)F)c2)cc1. The van der Waals surface area contributed by atoms with Gasteiger partial charge in [-0.25, -0.2) is 4.68 Å². The predicted molar refractivity (Wildman–Crippen MR) is 119 cm³/mol. The Morgan fingerprint density at radius 2 is 1.97 bits per heavy atom. The van der Waals surface area contributed by atoms with Crippen LogP contribution in [0, 0.1) is 6.92 Å². The second-order valence-corrected chi connectivity index (χ2v) is 8.71. The summed E-state index contributed by atoms with van der Waals surface area (Å²) in [6.07, 6.45) is -4.64. The summed E-state index contributed by atoms with van der Waals surface area (Å²) in [4.78, 5) is 13.2. The summed E-state index contributed by atoms with van der Waals surface area (Å²) in [5.74, 6) is 0.807. The fraction of sp³-hybridized carbons (Fsp3) is 0.286. The van der Waals surface area contributed by atoms with Crippen LogP contribution in [0.3, 0.4) is 0 Å². The third-order valence-electron chi connectivity index (χ3n) is 4.95. The molecule has 1 aromatic heterocycles. The van der Waals surface area contributed by atoms with E-state index < -0.39 is 34.0 Å².